The van der Waals surface area contributed by atoms with Crippen LogP contribution in [0.25, 0.3) is 0 Å². The largest absolute Gasteiger partial charge is 0.347 e. The van der Waals surface area contributed by atoms with Crippen LogP contribution in [0.5, 0.6) is 0 Å². The first-order valence-electron chi connectivity index (χ1n) is 11.1. The van der Waals surface area contributed by atoms with Gasteiger partial charge in [-0.15, -0.1) is 0 Å². The van der Waals surface area contributed by atoms with Crippen molar-refractivity contribution in [3.8, 4) is 0 Å². The highest BCUT2D eigenvalue weighted by Gasteiger charge is 2.61. The van der Waals surface area contributed by atoms with E-state index < -0.39 is 25.6 Å². The Hall–Kier alpha value is 0.980. The Bertz CT molecular complexity index is 662. The molecule has 6 atom stereocenters. The molecule has 0 spiro atoms. The molecular weight excluding hydrogens is 464 g/mol. The molecule has 0 aromatic rings. The van der Waals surface area contributed by atoms with Gasteiger partial charge < -0.3 is 23.0 Å². The summed E-state index contributed by atoms with van der Waals surface area (Å²) in [5.74, 6) is 0. The van der Waals surface area contributed by atoms with Crippen LogP contribution in [0, 0.1) is 0 Å². The molecule has 0 amide bonds. The molecule has 0 aromatic heterocycles. The monoisotopic (exact) mass is 501 g/mol. The van der Waals surface area contributed by atoms with E-state index in [0.29, 0.717) is 6.61 Å². The van der Waals surface area contributed by atoms with Gasteiger partial charge in [0.25, 0.3) is 6.64 Å². The number of ether oxygens (including phenoxy) is 2. The van der Waals surface area contributed by atoms with E-state index in [-0.39, 0.29) is 18.3 Å². The minimum atomic E-state index is -2.59. The molecule has 3 aliphatic rings. The van der Waals surface area contributed by atoms with Gasteiger partial charge in [0.1, 0.15) is 24.4 Å². The van der Waals surface area contributed by atoms with Gasteiger partial charge in [-0.3, -0.25) is 0 Å². The third kappa shape index (κ3) is 4.50. The molecule has 3 fully saturated rings. The van der Waals surface area contributed by atoms with E-state index in [2.05, 4.69) is 55.6 Å². The van der Waals surface area contributed by atoms with E-state index in [0.717, 1.165) is 39.3 Å². The highest BCUT2D eigenvalue weighted by molar-refractivity contribution is 8.10. The van der Waals surface area contributed by atoms with Crippen LogP contribution in [0.1, 0.15) is 41.5 Å². The number of rotatable bonds is 11. The van der Waals surface area contributed by atoms with Crippen molar-refractivity contribution < 1.29 is 23.0 Å². The first kappa shape index (κ1) is 25.6. The van der Waals surface area contributed by atoms with E-state index in [1.807, 2.05) is 0 Å². The van der Waals surface area contributed by atoms with Crippen molar-refractivity contribution in [3.63, 3.8) is 0 Å². The standard InChI is InChI=1S/C18H37N3O5P2S2/c1-7-19(8-2)27(29,20(9-3)10-4)24-17-16-15(14-13-22-18(17)23-14)25-28(30,26-16)21(11-5)12-6/h14-18H,7-13H2,1-6H3. The number of hydrogen-bond acceptors (Lipinski definition) is 7. The Balaban J connectivity index is 1.93. The van der Waals surface area contributed by atoms with Crippen molar-refractivity contribution in [2.24, 2.45) is 0 Å². The number of nitrogens with zero attached hydrogens (tertiary/aromatic N) is 3. The summed E-state index contributed by atoms with van der Waals surface area (Å²) in [5.41, 5.74) is 0. The van der Waals surface area contributed by atoms with E-state index in [4.69, 9.17) is 46.7 Å². The summed E-state index contributed by atoms with van der Waals surface area (Å²) in [4.78, 5) is 0. The average Bonchev–Trinajstić information content (AvgIpc) is 3.32. The van der Waals surface area contributed by atoms with Crippen LogP contribution < -0.4 is 0 Å². The molecule has 0 saturated carbocycles. The van der Waals surface area contributed by atoms with Gasteiger partial charge in [-0.1, -0.05) is 41.5 Å². The maximum absolute atomic E-state index is 6.83. The van der Waals surface area contributed by atoms with Gasteiger partial charge in [0.15, 0.2) is 6.29 Å². The summed E-state index contributed by atoms with van der Waals surface area (Å²) < 4.78 is 38.4. The highest BCUT2D eigenvalue weighted by Crippen LogP contribution is 2.64. The van der Waals surface area contributed by atoms with Crippen LogP contribution in [0.4, 0.5) is 0 Å². The quantitative estimate of drug-likeness (QED) is 0.394. The van der Waals surface area contributed by atoms with Crippen molar-refractivity contribution in [3.05, 3.63) is 0 Å². The fraction of sp³-hybridized carbons (Fsp3) is 1.00. The summed E-state index contributed by atoms with van der Waals surface area (Å²) in [7, 11) is 0. The molecule has 6 unspecified atom stereocenters. The molecule has 0 aromatic carbocycles. The Morgan fingerprint density at radius 2 is 1.43 bits per heavy atom. The number of hydrogen-bond donors (Lipinski definition) is 0. The Kier molecular flexibility index (Phi) is 8.96. The zero-order valence-electron chi connectivity index (χ0n) is 18.9. The van der Waals surface area contributed by atoms with Crippen LogP contribution in [-0.4, -0.2) is 90.6 Å². The predicted molar refractivity (Wildman–Crippen MR) is 127 cm³/mol. The normalized spacial score (nSPS) is 36.2. The lowest BCUT2D eigenvalue weighted by atomic mass is 10.0. The van der Waals surface area contributed by atoms with Gasteiger partial charge in [0, 0.05) is 39.3 Å². The SMILES string of the molecule is CCN(CC)P1(=S)OC2C3COC(O3)C(OP(=S)(N(CC)CC)N(CC)CC)C2O1. The predicted octanol–water partition coefficient (Wildman–Crippen LogP) is 3.39. The third-order valence-corrected chi connectivity index (χ3v) is 14.2. The molecule has 3 aliphatic heterocycles. The van der Waals surface area contributed by atoms with Gasteiger partial charge in [0.05, 0.1) is 6.61 Å². The van der Waals surface area contributed by atoms with Crippen molar-refractivity contribution in [1.29, 1.82) is 0 Å². The second kappa shape index (κ2) is 10.5. The summed E-state index contributed by atoms with van der Waals surface area (Å²) in [6.07, 6.45) is -1.79. The van der Waals surface area contributed by atoms with Crippen molar-refractivity contribution in [2.45, 2.75) is 72.2 Å². The molecule has 3 saturated heterocycles. The van der Waals surface area contributed by atoms with Gasteiger partial charge >= 0.3 is 0 Å². The smallest absolute Gasteiger partial charge is 0.264 e. The zero-order valence-corrected chi connectivity index (χ0v) is 22.4. The van der Waals surface area contributed by atoms with Gasteiger partial charge in [-0.2, -0.15) is 0 Å². The Morgan fingerprint density at radius 3 is 1.93 bits per heavy atom. The lowest BCUT2D eigenvalue weighted by molar-refractivity contribution is -0.193. The second-order valence-corrected chi connectivity index (χ2v) is 14.5. The van der Waals surface area contributed by atoms with E-state index >= 15 is 0 Å². The van der Waals surface area contributed by atoms with E-state index in [9.17, 15) is 0 Å². The summed E-state index contributed by atoms with van der Waals surface area (Å²) in [6, 6.07) is 0. The van der Waals surface area contributed by atoms with Gasteiger partial charge in [-0.25, -0.2) is 14.0 Å². The van der Waals surface area contributed by atoms with Gasteiger partial charge in [-0.05, 0) is 23.6 Å². The maximum atomic E-state index is 6.83. The Labute approximate surface area is 191 Å². The van der Waals surface area contributed by atoms with Crippen LogP contribution in [0.2, 0.25) is 0 Å². The third-order valence-electron chi connectivity index (χ3n) is 6.04. The molecule has 0 aliphatic carbocycles. The molecule has 176 valence electrons. The fourth-order valence-corrected chi connectivity index (χ4v) is 12.0. The van der Waals surface area contributed by atoms with Crippen LogP contribution in [0.15, 0.2) is 0 Å². The summed E-state index contributed by atoms with van der Waals surface area (Å²) in [5, 5.41) is 0. The topological polar surface area (TPSA) is 55.9 Å². The number of fused-ring (bicyclic) bond motifs is 4. The van der Waals surface area contributed by atoms with Crippen molar-refractivity contribution in [2.75, 3.05) is 45.9 Å². The first-order chi connectivity index (χ1) is 14.3. The molecule has 12 heteroatoms. The fourth-order valence-electron chi connectivity index (χ4n) is 4.36. The summed E-state index contributed by atoms with van der Waals surface area (Å²) in [6.45, 7) is 12.8. The first-order valence-corrected chi connectivity index (χ1v) is 16.3. The lowest BCUT2D eigenvalue weighted by Gasteiger charge is -2.45. The second-order valence-electron chi connectivity index (χ2n) is 7.46. The highest BCUT2D eigenvalue weighted by atomic mass is 32.5. The molecule has 8 nitrogen and oxygen atoms in total. The van der Waals surface area contributed by atoms with E-state index in [1.165, 1.54) is 0 Å². The Morgan fingerprint density at radius 1 is 0.900 bits per heavy atom. The van der Waals surface area contributed by atoms with Crippen LogP contribution >= 0.6 is 13.2 Å². The zero-order chi connectivity index (χ0) is 22.1. The van der Waals surface area contributed by atoms with Crippen molar-refractivity contribution >= 4 is 36.8 Å². The molecule has 2 bridgehead atoms. The molecule has 3 heterocycles. The molecule has 30 heavy (non-hydrogen) atoms. The lowest BCUT2D eigenvalue weighted by Crippen LogP contribution is -2.54. The van der Waals surface area contributed by atoms with Crippen LogP contribution in [-0.2, 0) is 46.7 Å². The minimum Gasteiger partial charge on any atom is -0.347 e. The van der Waals surface area contributed by atoms with Gasteiger partial charge in [0.2, 0.25) is 6.57 Å². The molecule has 3 rings (SSSR count). The van der Waals surface area contributed by atoms with E-state index in [1.54, 1.807) is 0 Å². The van der Waals surface area contributed by atoms with Crippen molar-refractivity contribution in [1.82, 2.24) is 14.0 Å². The maximum Gasteiger partial charge on any atom is 0.264 e. The summed E-state index contributed by atoms with van der Waals surface area (Å²) >= 11 is 12.2. The van der Waals surface area contributed by atoms with Crippen LogP contribution in [0.3, 0.4) is 0 Å². The molecule has 0 radical (unpaired) electrons. The molecule has 0 N–H and O–H groups in total. The molecular formula is C18H37N3O5P2S2. The average molecular weight is 502 g/mol. The minimum absolute atomic E-state index is 0.181.